The number of amidine groups is 1. The predicted molar refractivity (Wildman–Crippen MR) is 127 cm³/mol. The first-order valence-corrected chi connectivity index (χ1v) is 12.0. The predicted octanol–water partition coefficient (Wildman–Crippen LogP) is 7.83. The maximum Gasteiger partial charge on any atom is 0.416 e. The standard InChI is InChI=1S/C21H26F6N2O2.2C2H6/c1-13(30)19(29-14(2)28,11-15-6-4-3-5-7-15)12-31-18-9-16(20(22,23)24)8-17(10-18)21(25,26)27;2*1-2/h8-10,15H,3-7,11-12H2,1-2H3,(H2,28,29);2*1-2H3. The van der Waals surface area contributed by atoms with E-state index >= 15 is 0 Å². The van der Waals surface area contributed by atoms with Crippen molar-refractivity contribution in [2.24, 2.45) is 16.6 Å². The highest BCUT2D eigenvalue weighted by Crippen LogP contribution is 2.39. The van der Waals surface area contributed by atoms with Crippen LogP contribution in [0.1, 0.15) is 91.2 Å². The molecule has 0 aromatic heterocycles. The van der Waals surface area contributed by atoms with Crippen molar-refractivity contribution in [3.8, 4) is 5.75 Å². The molecule has 0 bridgehead atoms. The fourth-order valence-electron chi connectivity index (χ4n) is 3.88. The normalized spacial score (nSPS) is 16.7. The summed E-state index contributed by atoms with van der Waals surface area (Å²) in [6.45, 7) is 10.2. The average molecular weight is 513 g/mol. The van der Waals surface area contributed by atoms with Crippen molar-refractivity contribution in [3.05, 3.63) is 29.3 Å². The third kappa shape index (κ3) is 10.5. The number of nitrogens with two attached hydrogens (primary N) is 1. The number of carbonyl (C=O) groups excluding carboxylic acids is 1. The van der Waals surface area contributed by atoms with Gasteiger partial charge in [0.2, 0.25) is 0 Å². The maximum absolute atomic E-state index is 13.1. The van der Waals surface area contributed by atoms with Gasteiger partial charge in [0.25, 0.3) is 0 Å². The second kappa shape index (κ2) is 14.3. The molecule has 0 amide bonds. The number of nitrogens with zero attached hydrogens (tertiary/aromatic N) is 1. The SMILES string of the molecule is CC.CC.CC(=O)C(COc1cc(C(F)(F)F)cc(C(F)(F)F)c1)(CC1CCCCC1)N=C(C)N. The summed E-state index contributed by atoms with van der Waals surface area (Å²) in [5.41, 5.74) is 1.24. The topological polar surface area (TPSA) is 64.7 Å². The van der Waals surface area contributed by atoms with Crippen LogP contribution in [-0.4, -0.2) is 23.8 Å². The van der Waals surface area contributed by atoms with Gasteiger partial charge in [-0.3, -0.25) is 9.79 Å². The lowest BCUT2D eigenvalue weighted by molar-refractivity contribution is -0.143. The lowest BCUT2D eigenvalue weighted by atomic mass is 9.78. The number of hydrogen-bond acceptors (Lipinski definition) is 3. The Hall–Kier alpha value is -2.26. The zero-order chi connectivity index (χ0) is 27.4. The molecule has 1 unspecified atom stereocenters. The van der Waals surface area contributed by atoms with E-state index in [0.29, 0.717) is 12.1 Å². The lowest BCUT2D eigenvalue weighted by Crippen LogP contribution is -2.45. The Morgan fingerprint density at radius 1 is 0.914 bits per heavy atom. The Balaban J connectivity index is 0.00000274. The van der Waals surface area contributed by atoms with Gasteiger partial charge in [-0.25, -0.2) is 0 Å². The van der Waals surface area contributed by atoms with E-state index in [1.54, 1.807) is 0 Å². The van der Waals surface area contributed by atoms with Crippen LogP contribution in [0, 0.1) is 5.92 Å². The summed E-state index contributed by atoms with van der Waals surface area (Å²) in [6, 6.07) is 0.995. The van der Waals surface area contributed by atoms with E-state index in [1.165, 1.54) is 13.8 Å². The Labute approximate surface area is 204 Å². The van der Waals surface area contributed by atoms with E-state index < -0.39 is 47.2 Å². The van der Waals surface area contributed by atoms with E-state index in [9.17, 15) is 31.1 Å². The summed E-state index contributed by atoms with van der Waals surface area (Å²) < 4.78 is 84.0. The fourth-order valence-corrected chi connectivity index (χ4v) is 3.88. The second-order valence-electron chi connectivity index (χ2n) is 8.08. The van der Waals surface area contributed by atoms with Crippen LogP contribution in [0.25, 0.3) is 0 Å². The summed E-state index contributed by atoms with van der Waals surface area (Å²) in [5.74, 6) is -0.835. The van der Waals surface area contributed by atoms with Crippen LogP contribution in [0.2, 0.25) is 0 Å². The van der Waals surface area contributed by atoms with Crippen LogP contribution >= 0.6 is 0 Å². The molecule has 1 atom stereocenters. The molecule has 10 heteroatoms. The molecule has 35 heavy (non-hydrogen) atoms. The highest BCUT2D eigenvalue weighted by molar-refractivity contribution is 5.90. The molecular formula is C25H38F6N2O2. The molecule has 202 valence electrons. The lowest BCUT2D eigenvalue weighted by Gasteiger charge is -2.33. The first kappa shape index (κ1) is 32.7. The quantitative estimate of drug-likeness (QED) is 0.230. The minimum atomic E-state index is -4.99. The summed E-state index contributed by atoms with van der Waals surface area (Å²) in [5, 5.41) is 0. The van der Waals surface area contributed by atoms with E-state index in [0.717, 1.165) is 32.1 Å². The van der Waals surface area contributed by atoms with Crippen LogP contribution in [0.15, 0.2) is 23.2 Å². The first-order chi connectivity index (χ1) is 16.2. The molecule has 1 aromatic rings. The molecule has 0 heterocycles. The van der Waals surface area contributed by atoms with Crippen molar-refractivity contribution in [1.82, 2.24) is 0 Å². The monoisotopic (exact) mass is 512 g/mol. The molecule has 0 radical (unpaired) electrons. The summed E-state index contributed by atoms with van der Waals surface area (Å²) in [4.78, 5) is 16.8. The van der Waals surface area contributed by atoms with Gasteiger partial charge in [-0.1, -0.05) is 59.8 Å². The molecule has 1 fully saturated rings. The molecule has 1 aliphatic carbocycles. The first-order valence-electron chi connectivity index (χ1n) is 12.0. The number of Topliss-reactive ketones (excluding diaryl/α,β-unsaturated/α-hetero) is 1. The Bertz CT molecular complexity index is 779. The van der Waals surface area contributed by atoms with Crippen molar-refractivity contribution in [1.29, 1.82) is 0 Å². The van der Waals surface area contributed by atoms with Crippen LogP contribution in [0.3, 0.4) is 0 Å². The van der Waals surface area contributed by atoms with Crippen molar-refractivity contribution >= 4 is 11.6 Å². The van der Waals surface area contributed by atoms with Crippen molar-refractivity contribution < 1.29 is 35.9 Å². The van der Waals surface area contributed by atoms with Crippen molar-refractivity contribution in [2.45, 2.75) is 98.0 Å². The van der Waals surface area contributed by atoms with Crippen LogP contribution in [0.5, 0.6) is 5.75 Å². The maximum atomic E-state index is 13.1. The molecular weight excluding hydrogens is 474 g/mol. The molecule has 0 aliphatic heterocycles. The molecule has 2 rings (SSSR count). The zero-order valence-electron chi connectivity index (χ0n) is 21.4. The second-order valence-corrected chi connectivity index (χ2v) is 8.08. The molecule has 2 N–H and O–H groups in total. The van der Waals surface area contributed by atoms with Crippen LogP contribution in [0.4, 0.5) is 26.3 Å². The van der Waals surface area contributed by atoms with Crippen molar-refractivity contribution in [2.75, 3.05) is 6.61 Å². The van der Waals surface area contributed by atoms with E-state index in [1.807, 2.05) is 27.7 Å². The van der Waals surface area contributed by atoms with Gasteiger partial charge in [-0.15, -0.1) is 0 Å². The largest absolute Gasteiger partial charge is 0.491 e. The summed E-state index contributed by atoms with van der Waals surface area (Å²) in [7, 11) is 0. The number of carbonyl (C=O) groups is 1. The highest BCUT2D eigenvalue weighted by Gasteiger charge is 2.40. The number of alkyl halides is 6. The van der Waals surface area contributed by atoms with Gasteiger partial charge in [0.05, 0.1) is 17.0 Å². The van der Waals surface area contributed by atoms with E-state index in [2.05, 4.69) is 4.99 Å². The van der Waals surface area contributed by atoms with Crippen molar-refractivity contribution in [3.63, 3.8) is 0 Å². The number of ketones is 1. The molecule has 1 saturated carbocycles. The molecule has 4 nitrogen and oxygen atoms in total. The molecule has 0 saturated heterocycles. The number of aliphatic imine (C=N–C) groups is 1. The zero-order valence-corrected chi connectivity index (χ0v) is 21.4. The molecule has 1 aromatic carbocycles. The third-order valence-corrected chi connectivity index (χ3v) is 5.44. The van der Waals surface area contributed by atoms with E-state index in [4.69, 9.17) is 10.5 Å². The molecule has 0 spiro atoms. The van der Waals surface area contributed by atoms with Gasteiger partial charge in [0.1, 0.15) is 12.4 Å². The van der Waals surface area contributed by atoms with Crippen LogP contribution in [-0.2, 0) is 17.1 Å². The van der Waals surface area contributed by atoms with Gasteiger partial charge in [0, 0.05) is 0 Å². The Kier molecular flexibility index (Phi) is 13.4. The highest BCUT2D eigenvalue weighted by atomic mass is 19.4. The number of benzene rings is 1. The average Bonchev–Trinajstić information content (AvgIpc) is 2.79. The van der Waals surface area contributed by atoms with Crippen LogP contribution < -0.4 is 10.5 Å². The third-order valence-electron chi connectivity index (χ3n) is 5.44. The fraction of sp³-hybridized carbons (Fsp3) is 0.680. The minimum Gasteiger partial charge on any atom is -0.491 e. The number of halogens is 6. The van der Waals surface area contributed by atoms with E-state index in [-0.39, 0.29) is 24.2 Å². The number of ether oxygens (including phenoxy) is 1. The Morgan fingerprint density at radius 2 is 1.37 bits per heavy atom. The van der Waals surface area contributed by atoms with Gasteiger partial charge in [-0.05, 0) is 44.4 Å². The van der Waals surface area contributed by atoms with Gasteiger partial charge >= 0.3 is 12.4 Å². The van der Waals surface area contributed by atoms with Gasteiger partial charge in [-0.2, -0.15) is 26.3 Å². The molecule has 1 aliphatic rings. The van der Waals surface area contributed by atoms with Gasteiger partial charge in [0.15, 0.2) is 11.3 Å². The summed E-state index contributed by atoms with van der Waals surface area (Å²) in [6.07, 6.45) is -4.98. The van der Waals surface area contributed by atoms with Gasteiger partial charge < -0.3 is 10.5 Å². The smallest absolute Gasteiger partial charge is 0.416 e. The summed E-state index contributed by atoms with van der Waals surface area (Å²) >= 11 is 0. The Morgan fingerprint density at radius 3 is 1.74 bits per heavy atom. The minimum absolute atomic E-state index is 0.0231. The number of rotatable bonds is 7. The number of hydrogen-bond donors (Lipinski definition) is 1.